The van der Waals surface area contributed by atoms with Gasteiger partial charge in [-0.15, -0.1) is 11.6 Å². The van der Waals surface area contributed by atoms with Crippen molar-refractivity contribution in [1.29, 1.82) is 0 Å². The normalized spacial score (nSPS) is 16.0. The predicted octanol–water partition coefficient (Wildman–Crippen LogP) is 4.20. The molecule has 2 aromatic carbocycles. The minimum absolute atomic E-state index is 0.0454. The van der Waals surface area contributed by atoms with Gasteiger partial charge in [0.25, 0.3) is 0 Å². The van der Waals surface area contributed by atoms with Crippen molar-refractivity contribution in [2.24, 2.45) is 0 Å². The number of aryl methyl sites for hydroxylation is 2. The summed E-state index contributed by atoms with van der Waals surface area (Å²) in [7, 11) is 0. The maximum atomic E-state index is 15.1. The van der Waals surface area contributed by atoms with E-state index in [2.05, 4.69) is 9.97 Å². The van der Waals surface area contributed by atoms with E-state index in [-0.39, 0.29) is 30.2 Å². The third kappa shape index (κ3) is 3.59. The first kappa shape index (κ1) is 18.8. The minimum Gasteiger partial charge on any atom is -0.334 e. The first-order valence-corrected chi connectivity index (χ1v) is 9.93. The zero-order chi connectivity index (χ0) is 19.7. The summed E-state index contributed by atoms with van der Waals surface area (Å²) in [5.41, 5.74) is 2.59. The quantitative estimate of drug-likeness (QED) is 0.620. The Labute approximate surface area is 168 Å². The van der Waals surface area contributed by atoms with Gasteiger partial charge in [-0.1, -0.05) is 36.4 Å². The summed E-state index contributed by atoms with van der Waals surface area (Å²) >= 11 is 5.88. The Balaban J connectivity index is 1.64. The minimum atomic E-state index is -0.277. The van der Waals surface area contributed by atoms with Crippen molar-refractivity contribution >= 4 is 28.3 Å². The lowest BCUT2D eigenvalue weighted by Gasteiger charge is -2.35. The second kappa shape index (κ2) is 7.84. The van der Waals surface area contributed by atoms with E-state index >= 15 is 4.39 Å². The SMILES string of the molecule is Cc1ncc2c(n1)CCC(N(Cc1ccc3ccccc3c1F)C(=O)CCl)C2. The molecule has 0 radical (unpaired) electrons. The van der Waals surface area contributed by atoms with E-state index in [1.165, 1.54) is 0 Å². The van der Waals surface area contributed by atoms with Crippen molar-refractivity contribution in [3.63, 3.8) is 0 Å². The van der Waals surface area contributed by atoms with Crippen LogP contribution in [0.1, 0.15) is 29.1 Å². The van der Waals surface area contributed by atoms with E-state index in [1.807, 2.05) is 37.4 Å². The van der Waals surface area contributed by atoms with Crippen LogP contribution < -0.4 is 0 Å². The molecule has 1 aliphatic carbocycles. The number of aromatic nitrogens is 2. The number of alkyl halides is 1. The molecule has 1 amide bonds. The third-order valence-corrected chi connectivity index (χ3v) is 5.63. The summed E-state index contributed by atoms with van der Waals surface area (Å²) in [4.78, 5) is 23.1. The Hall–Kier alpha value is -2.53. The summed E-state index contributed by atoms with van der Waals surface area (Å²) < 4.78 is 15.1. The van der Waals surface area contributed by atoms with Crippen LogP contribution in [0, 0.1) is 12.7 Å². The smallest absolute Gasteiger partial charge is 0.238 e. The van der Waals surface area contributed by atoms with Crippen LogP contribution in [0.3, 0.4) is 0 Å². The van der Waals surface area contributed by atoms with Crippen molar-refractivity contribution in [1.82, 2.24) is 14.9 Å². The molecule has 1 heterocycles. The molecule has 1 aliphatic rings. The van der Waals surface area contributed by atoms with Crippen LogP contribution >= 0.6 is 11.6 Å². The number of hydrogen-bond acceptors (Lipinski definition) is 3. The molecule has 144 valence electrons. The van der Waals surface area contributed by atoms with Gasteiger partial charge in [-0.25, -0.2) is 14.4 Å². The van der Waals surface area contributed by atoms with E-state index in [0.717, 1.165) is 35.3 Å². The van der Waals surface area contributed by atoms with E-state index < -0.39 is 0 Å². The lowest BCUT2D eigenvalue weighted by atomic mass is 9.91. The van der Waals surface area contributed by atoms with Crippen LogP contribution in [-0.4, -0.2) is 32.7 Å². The lowest BCUT2D eigenvalue weighted by molar-refractivity contribution is -0.131. The largest absolute Gasteiger partial charge is 0.334 e. The summed E-state index contributed by atoms with van der Waals surface area (Å²) in [6.07, 6.45) is 4.05. The maximum absolute atomic E-state index is 15.1. The number of amides is 1. The summed E-state index contributed by atoms with van der Waals surface area (Å²) in [5.74, 6) is 0.170. The molecule has 0 aliphatic heterocycles. The van der Waals surface area contributed by atoms with Gasteiger partial charge in [-0.05, 0) is 37.1 Å². The Bertz CT molecular complexity index is 1040. The average molecular weight is 398 g/mol. The fourth-order valence-corrected chi connectivity index (χ4v) is 4.09. The van der Waals surface area contributed by atoms with E-state index in [1.54, 1.807) is 17.0 Å². The molecule has 0 fully saturated rings. The highest BCUT2D eigenvalue weighted by Gasteiger charge is 2.29. The van der Waals surface area contributed by atoms with Crippen molar-refractivity contribution in [3.05, 3.63) is 71.1 Å². The first-order chi connectivity index (χ1) is 13.6. The molecule has 0 saturated carbocycles. The Morgan fingerprint density at radius 1 is 1.29 bits per heavy atom. The van der Waals surface area contributed by atoms with Gasteiger partial charge in [0.1, 0.15) is 17.5 Å². The number of nitrogens with zero attached hydrogens (tertiary/aromatic N) is 3. The number of hydrogen-bond donors (Lipinski definition) is 0. The Morgan fingerprint density at radius 2 is 2.11 bits per heavy atom. The third-order valence-electron chi connectivity index (χ3n) is 5.40. The van der Waals surface area contributed by atoms with Gasteiger partial charge in [-0.2, -0.15) is 0 Å². The van der Waals surface area contributed by atoms with Crippen molar-refractivity contribution < 1.29 is 9.18 Å². The molecule has 1 atom stereocenters. The summed E-state index contributed by atoms with van der Waals surface area (Å²) in [6, 6.07) is 10.9. The highest BCUT2D eigenvalue weighted by Crippen LogP contribution is 2.27. The zero-order valence-electron chi connectivity index (χ0n) is 15.7. The summed E-state index contributed by atoms with van der Waals surface area (Å²) in [6.45, 7) is 2.08. The molecule has 0 spiro atoms. The van der Waals surface area contributed by atoms with Crippen LogP contribution in [0.2, 0.25) is 0 Å². The standard InChI is InChI=1S/C22H21ClFN3O/c1-14-25-12-17-10-18(8-9-20(17)26-14)27(21(28)11-23)13-16-7-6-15-4-2-3-5-19(15)22(16)24/h2-7,12,18H,8-11,13H2,1H3. The number of halogens is 2. The molecule has 0 bridgehead atoms. The van der Waals surface area contributed by atoms with Crippen LogP contribution in [-0.2, 0) is 24.2 Å². The van der Waals surface area contributed by atoms with Gasteiger partial charge in [0.2, 0.25) is 5.91 Å². The van der Waals surface area contributed by atoms with Crippen LogP contribution in [0.5, 0.6) is 0 Å². The fraction of sp³-hybridized carbons (Fsp3) is 0.318. The highest BCUT2D eigenvalue weighted by molar-refractivity contribution is 6.27. The molecule has 1 unspecified atom stereocenters. The van der Waals surface area contributed by atoms with E-state index in [0.29, 0.717) is 17.4 Å². The van der Waals surface area contributed by atoms with Gasteiger partial charge in [0, 0.05) is 35.4 Å². The van der Waals surface area contributed by atoms with Gasteiger partial charge in [-0.3, -0.25) is 4.79 Å². The molecule has 1 aromatic heterocycles. The van der Waals surface area contributed by atoms with Crippen molar-refractivity contribution in [2.45, 2.75) is 38.8 Å². The zero-order valence-corrected chi connectivity index (χ0v) is 16.4. The lowest BCUT2D eigenvalue weighted by Crippen LogP contribution is -2.44. The summed E-state index contributed by atoms with van der Waals surface area (Å²) in [5, 5.41) is 1.41. The van der Waals surface area contributed by atoms with Gasteiger partial charge < -0.3 is 4.90 Å². The number of benzene rings is 2. The number of rotatable bonds is 4. The van der Waals surface area contributed by atoms with Gasteiger partial charge in [0.05, 0.1) is 0 Å². The molecule has 0 N–H and O–H groups in total. The van der Waals surface area contributed by atoms with Gasteiger partial charge in [0.15, 0.2) is 0 Å². The first-order valence-electron chi connectivity index (χ1n) is 9.39. The van der Waals surface area contributed by atoms with E-state index in [9.17, 15) is 4.79 Å². The van der Waals surface area contributed by atoms with Crippen LogP contribution in [0.15, 0.2) is 42.6 Å². The molecule has 4 nitrogen and oxygen atoms in total. The van der Waals surface area contributed by atoms with Crippen LogP contribution in [0.25, 0.3) is 10.8 Å². The Kier molecular flexibility index (Phi) is 5.27. The number of carbonyl (C=O) groups excluding carboxylic acids is 1. The number of carbonyl (C=O) groups is 1. The molecule has 4 rings (SSSR count). The second-order valence-electron chi connectivity index (χ2n) is 7.20. The number of fused-ring (bicyclic) bond motifs is 2. The van der Waals surface area contributed by atoms with Crippen molar-refractivity contribution in [2.75, 3.05) is 5.88 Å². The molecule has 3 aromatic rings. The molecule has 6 heteroatoms. The second-order valence-corrected chi connectivity index (χ2v) is 7.47. The van der Waals surface area contributed by atoms with E-state index in [4.69, 9.17) is 11.6 Å². The Morgan fingerprint density at radius 3 is 2.93 bits per heavy atom. The molecule has 28 heavy (non-hydrogen) atoms. The molecular formula is C22H21ClFN3O. The van der Waals surface area contributed by atoms with Crippen molar-refractivity contribution in [3.8, 4) is 0 Å². The monoisotopic (exact) mass is 397 g/mol. The molecule has 0 saturated heterocycles. The maximum Gasteiger partial charge on any atom is 0.238 e. The highest BCUT2D eigenvalue weighted by atomic mass is 35.5. The fourth-order valence-electron chi connectivity index (χ4n) is 3.94. The molecular weight excluding hydrogens is 377 g/mol. The average Bonchev–Trinajstić information content (AvgIpc) is 2.72. The van der Waals surface area contributed by atoms with Crippen LogP contribution in [0.4, 0.5) is 4.39 Å². The predicted molar refractivity (Wildman–Crippen MR) is 108 cm³/mol. The van der Waals surface area contributed by atoms with Gasteiger partial charge >= 0.3 is 0 Å². The topological polar surface area (TPSA) is 46.1 Å².